The fourth-order valence-corrected chi connectivity index (χ4v) is 4.79. The van der Waals surface area contributed by atoms with Crippen LogP contribution in [0.15, 0.2) is 54.2 Å². The van der Waals surface area contributed by atoms with Gasteiger partial charge in [-0.1, -0.05) is 18.2 Å². The zero-order valence-electron chi connectivity index (χ0n) is 19.6. The van der Waals surface area contributed by atoms with E-state index in [-0.39, 0.29) is 12.1 Å². The van der Waals surface area contributed by atoms with E-state index in [1.165, 1.54) is 0 Å². The summed E-state index contributed by atoms with van der Waals surface area (Å²) in [7, 11) is 1.64. The molecule has 0 radical (unpaired) electrons. The van der Waals surface area contributed by atoms with Gasteiger partial charge >= 0.3 is 6.09 Å². The minimum absolute atomic E-state index is 0.0964. The number of pyridine rings is 1. The van der Waals surface area contributed by atoms with Crippen LogP contribution < -0.4 is 10.1 Å². The molecule has 1 saturated heterocycles. The van der Waals surface area contributed by atoms with Crippen LogP contribution in [0.4, 0.5) is 16.2 Å². The normalized spacial score (nSPS) is 14.2. The van der Waals surface area contributed by atoms with Crippen molar-refractivity contribution in [2.24, 2.45) is 0 Å². The van der Waals surface area contributed by atoms with E-state index in [0.717, 1.165) is 32.7 Å². The van der Waals surface area contributed by atoms with Gasteiger partial charge in [0.15, 0.2) is 0 Å². The Bertz CT molecular complexity index is 1320. The second-order valence-corrected chi connectivity index (χ2v) is 10.2. The number of fused-ring (bicyclic) bond motifs is 1. The lowest BCUT2D eigenvalue weighted by molar-refractivity contribution is -0.000382. The van der Waals surface area contributed by atoms with Crippen LogP contribution in [0.5, 0.6) is 5.88 Å². The molecular formula is C25H27N5O3S. The molecule has 5 rings (SSSR count). The van der Waals surface area contributed by atoms with E-state index in [4.69, 9.17) is 14.5 Å². The number of ether oxygens (including phenoxy) is 2. The maximum absolute atomic E-state index is 12.3. The monoisotopic (exact) mass is 477 g/mol. The van der Waals surface area contributed by atoms with Gasteiger partial charge in [0.05, 0.1) is 35.1 Å². The molecule has 1 N–H and O–H groups in total. The fraction of sp³-hybridized carbons (Fsp3) is 0.320. The van der Waals surface area contributed by atoms with Crippen LogP contribution in [-0.4, -0.2) is 51.6 Å². The number of hydrogen-bond donors (Lipinski definition) is 1. The van der Waals surface area contributed by atoms with E-state index < -0.39 is 5.60 Å². The lowest BCUT2D eigenvalue weighted by Gasteiger charge is -2.39. The van der Waals surface area contributed by atoms with Crippen molar-refractivity contribution in [2.75, 3.05) is 25.5 Å². The molecule has 1 aliphatic rings. The smallest absolute Gasteiger partial charge is 0.410 e. The molecule has 3 aromatic heterocycles. The van der Waals surface area contributed by atoms with Crippen molar-refractivity contribution < 1.29 is 14.3 Å². The van der Waals surface area contributed by atoms with Crippen molar-refractivity contribution in [1.82, 2.24) is 19.7 Å². The van der Waals surface area contributed by atoms with Crippen LogP contribution in [0.25, 0.3) is 21.3 Å². The first-order valence-corrected chi connectivity index (χ1v) is 12.0. The molecule has 0 atom stereocenters. The van der Waals surface area contributed by atoms with Gasteiger partial charge in [-0.3, -0.25) is 4.68 Å². The molecule has 1 amide bonds. The van der Waals surface area contributed by atoms with Crippen LogP contribution in [0, 0.1) is 0 Å². The summed E-state index contributed by atoms with van der Waals surface area (Å²) >= 11 is 1.64. The van der Waals surface area contributed by atoms with E-state index in [1.807, 2.05) is 79.6 Å². The summed E-state index contributed by atoms with van der Waals surface area (Å²) in [5, 5.41) is 11.1. The van der Waals surface area contributed by atoms with Gasteiger partial charge in [-0.25, -0.2) is 9.78 Å². The van der Waals surface area contributed by atoms with Gasteiger partial charge in [0, 0.05) is 30.5 Å². The van der Waals surface area contributed by atoms with Crippen LogP contribution in [-0.2, 0) is 4.74 Å². The Hall–Kier alpha value is -3.59. The Morgan fingerprint density at radius 2 is 1.94 bits per heavy atom. The molecule has 34 heavy (non-hydrogen) atoms. The first kappa shape index (κ1) is 22.2. The van der Waals surface area contributed by atoms with Gasteiger partial charge in [0.1, 0.15) is 11.3 Å². The van der Waals surface area contributed by atoms with Crippen molar-refractivity contribution in [2.45, 2.75) is 32.4 Å². The molecule has 0 unspecified atom stereocenters. The molecule has 8 nitrogen and oxygen atoms in total. The van der Waals surface area contributed by atoms with E-state index in [9.17, 15) is 4.79 Å². The number of carbonyl (C=O) groups excluding carboxylic acids is 1. The quantitative estimate of drug-likeness (QED) is 0.397. The first-order chi connectivity index (χ1) is 16.3. The Morgan fingerprint density at radius 3 is 2.65 bits per heavy atom. The number of aromatic nitrogens is 3. The summed E-state index contributed by atoms with van der Waals surface area (Å²) in [4.78, 5) is 18.8. The number of nitrogens with one attached hydrogen (secondary N) is 1. The van der Waals surface area contributed by atoms with Crippen LogP contribution in [0.3, 0.4) is 0 Å². The van der Waals surface area contributed by atoms with Crippen molar-refractivity contribution >= 4 is 38.9 Å². The number of carbonyl (C=O) groups is 1. The summed E-state index contributed by atoms with van der Waals surface area (Å²) in [6.07, 6.45) is 3.50. The number of likely N-dealkylation sites (tertiary alicyclic amines) is 1. The summed E-state index contributed by atoms with van der Waals surface area (Å²) in [6.45, 7) is 6.73. The molecule has 176 valence electrons. The maximum Gasteiger partial charge on any atom is 0.410 e. The molecule has 1 fully saturated rings. The van der Waals surface area contributed by atoms with E-state index in [2.05, 4.69) is 10.4 Å². The second kappa shape index (κ2) is 8.64. The summed E-state index contributed by atoms with van der Waals surface area (Å²) < 4.78 is 14.0. The van der Waals surface area contributed by atoms with Crippen molar-refractivity contribution in [3.63, 3.8) is 0 Å². The van der Waals surface area contributed by atoms with Gasteiger partial charge in [-0.05, 0) is 44.4 Å². The lowest BCUT2D eigenvalue weighted by atomic mass is 10.1. The molecular weight excluding hydrogens is 450 g/mol. The third-order valence-corrected chi connectivity index (χ3v) is 6.50. The minimum Gasteiger partial charge on any atom is -0.481 e. The van der Waals surface area contributed by atoms with Crippen LogP contribution >= 0.6 is 11.3 Å². The number of anilines is 2. The molecule has 4 heterocycles. The fourth-order valence-electron chi connectivity index (χ4n) is 3.90. The SMILES string of the molecule is COc1nc(-c2cnn(C3CN(C(=O)OC(C)(C)C)C3)c2)c(Nc2ccccc2)c2sccc12. The molecule has 0 bridgehead atoms. The molecule has 4 aromatic rings. The minimum atomic E-state index is -0.506. The third kappa shape index (κ3) is 4.31. The van der Waals surface area contributed by atoms with Gasteiger partial charge in [0.25, 0.3) is 0 Å². The number of nitrogens with zero attached hydrogens (tertiary/aromatic N) is 4. The molecule has 1 aromatic carbocycles. The highest BCUT2D eigenvalue weighted by Gasteiger charge is 2.35. The number of rotatable bonds is 5. The molecule has 0 spiro atoms. The second-order valence-electron chi connectivity index (χ2n) is 9.25. The van der Waals surface area contributed by atoms with Gasteiger partial charge in [0.2, 0.25) is 5.88 Å². The van der Waals surface area contributed by atoms with Crippen molar-refractivity contribution in [3.05, 3.63) is 54.2 Å². The van der Waals surface area contributed by atoms with Crippen molar-refractivity contribution in [1.29, 1.82) is 0 Å². The van der Waals surface area contributed by atoms with E-state index in [1.54, 1.807) is 23.3 Å². The number of thiophene rings is 1. The highest BCUT2D eigenvalue weighted by molar-refractivity contribution is 7.18. The average molecular weight is 478 g/mol. The average Bonchev–Trinajstić information content (AvgIpc) is 3.43. The molecule has 0 aliphatic carbocycles. The lowest BCUT2D eigenvalue weighted by Crippen LogP contribution is -2.52. The molecule has 9 heteroatoms. The van der Waals surface area contributed by atoms with Gasteiger partial charge in [-0.2, -0.15) is 5.10 Å². The third-order valence-electron chi connectivity index (χ3n) is 5.57. The van der Waals surface area contributed by atoms with E-state index >= 15 is 0 Å². The number of amides is 1. The van der Waals surface area contributed by atoms with Gasteiger partial charge in [-0.15, -0.1) is 11.3 Å². The zero-order valence-corrected chi connectivity index (χ0v) is 20.4. The number of hydrogen-bond acceptors (Lipinski definition) is 7. The summed E-state index contributed by atoms with van der Waals surface area (Å²) in [6, 6.07) is 12.1. The van der Waals surface area contributed by atoms with Crippen LogP contribution in [0.1, 0.15) is 26.8 Å². The van der Waals surface area contributed by atoms with Crippen molar-refractivity contribution in [3.8, 4) is 17.1 Å². The first-order valence-electron chi connectivity index (χ1n) is 11.1. The zero-order chi connectivity index (χ0) is 23.9. The molecule has 0 saturated carbocycles. The Labute approximate surface area is 202 Å². The highest BCUT2D eigenvalue weighted by Crippen LogP contribution is 2.42. The Balaban J connectivity index is 1.44. The molecule has 1 aliphatic heterocycles. The topological polar surface area (TPSA) is 81.5 Å². The number of benzene rings is 1. The van der Waals surface area contributed by atoms with Gasteiger partial charge < -0.3 is 19.7 Å². The standard InChI is InChI=1S/C25H27N5O3S/c1-25(2,3)33-24(31)29-14-18(15-29)30-13-16(12-26-30)20-21(27-17-8-6-5-7-9-17)22-19(10-11-34-22)23(28-20)32-4/h5-13,18,27H,14-15H2,1-4H3. The largest absolute Gasteiger partial charge is 0.481 e. The predicted octanol–water partition coefficient (Wildman–Crippen LogP) is 5.70. The number of para-hydroxylation sites is 1. The maximum atomic E-state index is 12.3. The van der Waals surface area contributed by atoms with E-state index in [0.29, 0.717) is 19.0 Å². The summed E-state index contributed by atoms with van der Waals surface area (Å²) in [5.41, 5.74) is 3.03. The van der Waals surface area contributed by atoms with Crippen LogP contribution in [0.2, 0.25) is 0 Å². The Kier molecular flexibility index (Phi) is 5.65. The predicted molar refractivity (Wildman–Crippen MR) is 134 cm³/mol. The summed E-state index contributed by atoms with van der Waals surface area (Å²) in [5.74, 6) is 0.581. The Morgan fingerprint density at radius 1 is 1.18 bits per heavy atom. The highest BCUT2D eigenvalue weighted by atomic mass is 32.1. The number of methoxy groups -OCH3 is 1.